The molecule has 0 N–H and O–H groups in total. The van der Waals surface area contributed by atoms with E-state index in [2.05, 4.69) is 40.8 Å². The van der Waals surface area contributed by atoms with Gasteiger partial charge < -0.3 is 9.80 Å². The molecule has 1 unspecified atom stereocenters. The van der Waals surface area contributed by atoms with Gasteiger partial charge in [-0.15, -0.1) is 0 Å². The Kier molecular flexibility index (Phi) is 5.86. The van der Waals surface area contributed by atoms with E-state index in [1.165, 1.54) is 6.42 Å². The first-order valence-corrected chi connectivity index (χ1v) is 9.63. The number of hydrogen-bond acceptors (Lipinski definition) is 4. The van der Waals surface area contributed by atoms with Gasteiger partial charge in [-0.3, -0.25) is 4.79 Å². The lowest BCUT2D eigenvalue weighted by Gasteiger charge is -2.35. The maximum atomic E-state index is 13.1. The van der Waals surface area contributed by atoms with E-state index in [1.54, 1.807) is 0 Å². The molecular weight excluding hydrogens is 324 g/mol. The molecule has 5 nitrogen and oxygen atoms in total. The van der Waals surface area contributed by atoms with Crippen molar-refractivity contribution >= 4 is 17.4 Å². The van der Waals surface area contributed by atoms with Gasteiger partial charge in [0.05, 0.1) is 0 Å². The third-order valence-corrected chi connectivity index (χ3v) is 5.06. The van der Waals surface area contributed by atoms with Crippen LogP contribution in [0.3, 0.4) is 0 Å². The van der Waals surface area contributed by atoms with E-state index >= 15 is 0 Å². The highest BCUT2D eigenvalue weighted by atomic mass is 16.2. The topological polar surface area (TPSA) is 49.3 Å². The summed E-state index contributed by atoms with van der Waals surface area (Å²) in [7, 11) is 0. The molecule has 3 rings (SSSR count). The first-order chi connectivity index (χ1) is 12.6. The van der Waals surface area contributed by atoms with Crippen LogP contribution in [0.25, 0.3) is 0 Å². The number of aryl methyl sites for hydroxylation is 1. The van der Waals surface area contributed by atoms with E-state index in [9.17, 15) is 4.79 Å². The van der Waals surface area contributed by atoms with Crippen LogP contribution in [0.2, 0.25) is 0 Å². The highest BCUT2D eigenvalue weighted by molar-refractivity contribution is 5.93. The van der Waals surface area contributed by atoms with Crippen LogP contribution in [0.1, 0.15) is 55.8 Å². The summed E-state index contributed by atoms with van der Waals surface area (Å²) in [6.45, 7) is 7.69. The lowest BCUT2D eigenvalue weighted by atomic mass is 9.99. The number of carbonyl (C=O) groups excluding carboxylic acids is 1. The summed E-state index contributed by atoms with van der Waals surface area (Å²) in [4.78, 5) is 26.3. The number of piperidine rings is 1. The van der Waals surface area contributed by atoms with Crippen molar-refractivity contribution in [1.29, 1.82) is 0 Å². The van der Waals surface area contributed by atoms with Crippen LogP contribution in [-0.4, -0.2) is 39.9 Å². The molecule has 1 atom stereocenters. The number of hydrogen-bond donors (Lipinski definition) is 0. The summed E-state index contributed by atoms with van der Waals surface area (Å²) in [5.41, 5.74) is 1.57. The fourth-order valence-electron chi connectivity index (χ4n) is 3.72. The molecule has 1 amide bonds. The number of amides is 1. The fourth-order valence-corrected chi connectivity index (χ4v) is 3.72. The highest BCUT2D eigenvalue weighted by Gasteiger charge is 2.27. The second-order valence-corrected chi connectivity index (χ2v) is 6.79. The van der Waals surface area contributed by atoms with Crippen molar-refractivity contribution in [2.24, 2.45) is 0 Å². The molecule has 0 saturated carbocycles. The molecule has 1 aromatic heterocycles. The van der Waals surface area contributed by atoms with E-state index in [-0.39, 0.29) is 5.91 Å². The zero-order valence-corrected chi connectivity index (χ0v) is 16.0. The van der Waals surface area contributed by atoms with Gasteiger partial charge in [0.25, 0.3) is 5.91 Å². The maximum absolute atomic E-state index is 13.1. The van der Waals surface area contributed by atoms with Crippen LogP contribution < -0.4 is 4.90 Å². The van der Waals surface area contributed by atoms with Crippen LogP contribution in [-0.2, 0) is 0 Å². The van der Waals surface area contributed by atoms with Gasteiger partial charge in [0, 0.05) is 30.9 Å². The van der Waals surface area contributed by atoms with Crippen molar-refractivity contribution in [3.05, 3.63) is 47.9 Å². The molecule has 2 heterocycles. The number of benzene rings is 1. The van der Waals surface area contributed by atoms with Crippen LogP contribution >= 0.6 is 0 Å². The molecule has 0 spiro atoms. The minimum absolute atomic E-state index is 0.0346. The van der Waals surface area contributed by atoms with Gasteiger partial charge in [-0.25, -0.2) is 9.97 Å². The number of para-hydroxylation sites is 1. The average molecular weight is 352 g/mol. The van der Waals surface area contributed by atoms with Crippen molar-refractivity contribution in [1.82, 2.24) is 14.9 Å². The number of nitrogens with zero attached hydrogens (tertiary/aromatic N) is 4. The first kappa shape index (κ1) is 18.4. The number of aromatic nitrogens is 2. The summed E-state index contributed by atoms with van der Waals surface area (Å²) in [5, 5.41) is 0. The van der Waals surface area contributed by atoms with Gasteiger partial charge in [-0.1, -0.05) is 25.1 Å². The Morgan fingerprint density at radius 2 is 1.96 bits per heavy atom. The Morgan fingerprint density at radius 1 is 1.19 bits per heavy atom. The van der Waals surface area contributed by atoms with Crippen LogP contribution in [0.4, 0.5) is 11.5 Å². The minimum atomic E-state index is 0.0346. The standard InChI is InChI=1S/C21H28N4O/c1-4-17-11-9-10-14-25(17)21(26)19-15-20(23-16(3)22-19)24(5-2)18-12-7-6-8-13-18/h6-8,12-13,15,17H,4-5,9-11,14H2,1-3H3. The van der Waals surface area contributed by atoms with Crippen molar-refractivity contribution in [2.75, 3.05) is 18.0 Å². The molecule has 0 aliphatic carbocycles. The van der Waals surface area contributed by atoms with Gasteiger partial charge in [0.2, 0.25) is 0 Å². The quantitative estimate of drug-likeness (QED) is 0.803. The number of rotatable bonds is 5. The SMILES string of the molecule is CCC1CCCCN1C(=O)c1cc(N(CC)c2ccccc2)nc(C)n1. The van der Waals surface area contributed by atoms with E-state index in [4.69, 9.17) is 0 Å². The Bertz CT molecular complexity index is 747. The van der Waals surface area contributed by atoms with Crippen molar-refractivity contribution < 1.29 is 4.79 Å². The minimum Gasteiger partial charge on any atom is -0.334 e. The van der Waals surface area contributed by atoms with Crippen LogP contribution in [0, 0.1) is 6.92 Å². The van der Waals surface area contributed by atoms with Gasteiger partial charge in [-0.2, -0.15) is 0 Å². The van der Waals surface area contributed by atoms with E-state index in [1.807, 2.05) is 36.1 Å². The molecule has 138 valence electrons. The molecule has 26 heavy (non-hydrogen) atoms. The van der Waals surface area contributed by atoms with Crippen molar-refractivity contribution in [3.63, 3.8) is 0 Å². The van der Waals surface area contributed by atoms with Gasteiger partial charge in [0.1, 0.15) is 17.3 Å². The molecule has 5 heteroatoms. The number of likely N-dealkylation sites (tertiary alicyclic amines) is 1. The lowest BCUT2D eigenvalue weighted by Crippen LogP contribution is -2.43. The fraction of sp³-hybridized carbons (Fsp3) is 0.476. The summed E-state index contributed by atoms with van der Waals surface area (Å²) >= 11 is 0. The van der Waals surface area contributed by atoms with Crippen LogP contribution in [0.5, 0.6) is 0 Å². The predicted molar refractivity (Wildman–Crippen MR) is 105 cm³/mol. The summed E-state index contributed by atoms with van der Waals surface area (Å²) in [6, 6.07) is 12.3. The summed E-state index contributed by atoms with van der Waals surface area (Å²) in [6.07, 6.45) is 4.36. The monoisotopic (exact) mass is 352 g/mol. The third-order valence-electron chi connectivity index (χ3n) is 5.06. The Morgan fingerprint density at radius 3 is 2.65 bits per heavy atom. The highest BCUT2D eigenvalue weighted by Crippen LogP contribution is 2.26. The smallest absolute Gasteiger partial charge is 0.272 e. The molecule has 1 aromatic carbocycles. The average Bonchev–Trinajstić information content (AvgIpc) is 2.68. The van der Waals surface area contributed by atoms with Gasteiger partial charge in [-0.05, 0) is 51.7 Å². The third kappa shape index (κ3) is 3.87. The zero-order valence-electron chi connectivity index (χ0n) is 16.0. The molecule has 1 aliphatic rings. The zero-order chi connectivity index (χ0) is 18.5. The Labute approximate surface area is 156 Å². The largest absolute Gasteiger partial charge is 0.334 e. The second-order valence-electron chi connectivity index (χ2n) is 6.79. The summed E-state index contributed by atoms with van der Waals surface area (Å²) < 4.78 is 0. The lowest BCUT2D eigenvalue weighted by molar-refractivity contribution is 0.0601. The molecule has 1 aliphatic heterocycles. The van der Waals surface area contributed by atoms with E-state index in [0.29, 0.717) is 17.6 Å². The first-order valence-electron chi connectivity index (χ1n) is 9.63. The molecule has 0 radical (unpaired) electrons. The van der Waals surface area contributed by atoms with Crippen molar-refractivity contribution in [3.8, 4) is 0 Å². The van der Waals surface area contributed by atoms with Gasteiger partial charge >= 0.3 is 0 Å². The Balaban J connectivity index is 1.93. The van der Waals surface area contributed by atoms with Crippen LogP contribution in [0.15, 0.2) is 36.4 Å². The molecule has 1 saturated heterocycles. The van der Waals surface area contributed by atoms with Gasteiger partial charge in [0.15, 0.2) is 0 Å². The second kappa shape index (κ2) is 8.30. The summed E-state index contributed by atoms with van der Waals surface area (Å²) in [5.74, 6) is 1.44. The molecule has 1 fully saturated rings. The normalized spacial score (nSPS) is 17.2. The molecule has 0 bridgehead atoms. The molecular formula is C21H28N4O. The van der Waals surface area contributed by atoms with Crippen molar-refractivity contribution in [2.45, 2.75) is 52.5 Å². The predicted octanol–water partition coefficient (Wildman–Crippen LogP) is 4.35. The van der Waals surface area contributed by atoms with E-state index in [0.717, 1.165) is 43.9 Å². The number of anilines is 2. The Hall–Kier alpha value is -2.43. The van der Waals surface area contributed by atoms with E-state index < -0.39 is 0 Å². The molecule has 2 aromatic rings. The number of carbonyl (C=O) groups is 1. The maximum Gasteiger partial charge on any atom is 0.272 e.